The molecule has 0 radical (unpaired) electrons. The van der Waals surface area contributed by atoms with Gasteiger partial charge < -0.3 is 9.47 Å². The average molecular weight is 432 g/mol. The first-order valence-electron chi connectivity index (χ1n) is 7.09. The number of rotatable bonds is 3. The van der Waals surface area contributed by atoms with Crippen molar-refractivity contribution in [3.05, 3.63) is 21.3 Å². The van der Waals surface area contributed by atoms with E-state index in [1.165, 1.54) is 12.1 Å². The molecule has 0 unspecified atom stereocenters. The summed E-state index contributed by atoms with van der Waals surface area (Å²) in [6.45, 7) is 10.4. The second kappa shape index (κ2) is 6.98. The number of carbonyl (C=O) groups is 3. The molecule has 23 heavy (non-hydrogen) atoms. The third-order valence-corrected chi connectivity index (χ3v) is 3.86. The summed E-state index contributed by atoms with van der Waals surface area (Å²) in [5.74, 6) is -0.475. The molecule has 126 valence electrons. The van der Waals surface area contributed by atoms with Crippen molar-refractivity contribution < 1.29 is 23.9 Å². The molecule has 0 bridgehead atoms. The number of halogens is 1. The van der Waals surface area contributed by atoms with Gasteiger partial charge in [0.25, 0.3) is 0 Å². The van der Waals surface area contributed by atoms with Crippen LogP contribution in [0.5, 0.6) is 11.5 Å². The largest absolute Gasteiger partial charge is 0.425 e. The summed E-state index contributed by atoms with van der Waals surface area (Å²) in [7, 11) is 0. The summed E-state index contributed by atoms with van der Waals surface area (Å²) in [6.07, 6.45) is 0.610. The maximum Gasteiger partial charge on any atom is 0.316 e. The van der Waals surface area contributed by atoms with Crippen LogP contribution in [0.1, 0.15) is 51.9 Å². The molecule has 6 heteroatoms. The van der Waals surface area contributed by atoms with Gasteiger partial charge in [-0.05, 0) is 76.3 Å². The van der Waals surface area contributed by atoms with Crippen molar-refractivity contribution in [2.24, 2.45) is 10.8 Å². The summed E-state index contributed by atoms with van der Waals surface area (Å²) < 4.78 is 11.2. The van der Waals surface area contributed by atoms with Crippen LogP contribution in [0.4, 0.5) is 0 Å². The molecule has 5 nitrogen and oxygen atoms in total. The fourth-order valence-corrected chi connectivity index (χ4v) is 1.85. The normalized spacial score (nSPS) is 11.8. The Morgan fingerprint density at radius 2 is 1.26 bits per heavy atom. The Morgan fingerprint density at radius 3 is 1.52 bits per heavy atom. The highest BCUT2D eigenvalue weighted by atomic mass is 127. The monoisotopic (exact) mass is 432 g/mol. The molecule has 1 aromatic carbocycles. The second-order valence-corrected chi connectivity index (χ2v) is 8.31. The predicted octanol–water partition coefficient (Wildman–Crippen LogP) is 4.01. The predicted molar refractivity (Wildman–Crippen MR) is 94.7 cm³/mol. The second-order valence-electron chi connectivity index (χ2n) is 7.23. The molecule has 0 atom stereocenters. The van der Waals surface area contributed by atoms with E-state index in [2.05, 4.69) is 0 Å². The number of hydrogen-bond acceptors (Lipinski definition) is 5. The van der Waals surface area contributed by atoms with E-state index in [1.54, 1.807) is 41.5 Å². The van der Waals surface area contributed by atoms with Crippen LogP contribution < -0.4 is 9.47 Å². The van der Waals surface area contributed by atoms with Crippen LogP contribution in [-0.4, -0.2) is 18.2 Å². The Kier molecular flexibility index (Phi) is 5.95. The minimum absolute atomic E-state index is 0.201. The Labute approximate surface area is 149 Å². The lowest BCUT2D eigenvalue weighted by atomic mass is 9.97. The van der Waals surface area contributed by atoms with Crippen LogP contribution in [0, 0.1) is 14.4 Å². The third-order valence-electron chi connectivity index (χ3n) is 2.79. The number of hydrogen-bond donors (Lipinski definition) is 0. The van der Waals surface area contributed by atoms with Crippen LogP contribution in [-0.2, 0) is 9.59 Å². The fourth-order valence-electron chi connectivity index (χ4n) is 1.32. The quantitative estimate of drug-likeness (QED) is 0.313. The number of ether oxygens (including phenoxy) is 2. The minimum Gasteiger partial charge on any atom is -0.425 e. The molecule has 1 aromatic rings. The molecule has 0 aliphatic carbocycles. The molecule has 0 saturated carbocycles. The zero-order valence-electron chi connectivity index (χ0n) is 14.2. The molecule has 0 amide bonds. The summed E-state index contributed by atoms with van der Waals surface area (Å²) in [4.78, 5) is 35.2. The van der Waals surface area contributed by atoms with Gasteiger partial charge >= 0.3 is 11.9 Å². The summed E-state index contributed by atoms with van der Waals surface area (Å²) in [5.41, 5.74) is -1.12. The van der Waals surface area contributed by atoms with E-state index in [0.29, 0.717) is 9.86 Å². The Bertz CT molecular complexity index is 586. The molecular formula is C17H21IO5. The van der Waals surface area contributed by atoms with Gasteiger partial charge in [-0.3, -0.25) is 14.4 Å². The fraction of sp³-hybridized carbons (Fsp3) is 0.471. The van der Waals surface area contributed by atoms with E-state index in [4.69, 9.17) is 9.47 Å². The lowest BCUT2D eigenvalue weighted by Gasteiger charge is -2.20. The summed E-state index contributed by atoms with van der Waals surface area (Å²) in [6, 6.07) is 2.90. The molecule has 0 aliphatic rings. The van der Waals surface area contributed by atoms with Crippen molar-refractivity contribution in [3.8, 4) is 11.5 Å². The van der Waals surface area contributed by atoms with E-state index in [0.717, 1.165) is 0 Å². The molecule has 0 aliphatic heterocycles. The van der Waals surface area contributed by atoms with Gasteiger partial charge in [-0.1, -0.05) is 0 Å². The van der Waals surface area contributed by atoms with Gasteiger partial charge in [0.2, 0.25) is 0 Å². The first-order chi connectivity index (χ1) is 10.4. The van der Waals surface area contributed by atoms with Crippen molar-refractivity contribution in [3.63, 3.8) is 0 Å². The van der Waals surface area contributed by atoms with Gasteiger partial charge in [0.1, 0.15) is 17.8 Å². The van der Waals surface area contributed by atoms with Gasteiger partial charge in [-0.25, -0.2) is 0 Å². The van der Waals surface area contributed by atoms with Gasteiger partial charge in [0, 0.05) is 5.56 Å². The van der Waals surface area contributed by atoms with Crippen LogP contribution in [0.3, 0.4) is 0 Å². The number of aldehydes is 1. The average Bonchev–Trinajstić information content (AvgIpc) is 2.40. The van der Waals surface area contributed by atoms with Crippen LogP contribution in [0.2, 0.25) is 0 Å². The molecule has 0 N–H and O–H groups in total. The maximum atomic E-state index is 12.1. The standard InChI is InChI=1S/C17H21IO5/c1-16(2,3)14(20)22-11-7-10(9-19)8-12(13(11)18)23-15(21)17(4,5)6/h7-9H,1-6H3. The van der Waals surface area contributed by atoms with E-state index in [9.17, 15) is 14.4 Å². The maximum absolute atomic E-state index is 12.1. The number of carbonyl (C=O) groups excluding carboxylic acids is 3. The van der Waals surface area contributed by atoms with E-state index >= 15 is 0 Å². The van der Waals surface area contributed by atoms with Gasteiger partial charge in [0.05, 0.1) is 14.4 Å². The highest BCUT2D eigenvalue weighted by molar-refractivity contribution is 14.1. The van der Waals surface area contributed by atoms with Crippen molar-refractivity contribution >= 4 is 40.8 Å². The highest BCUT2D eigenvalue weighted by Gasteiger charge is 2.28. The number of benzene rings is 1. The highest BCUT2D eigenvalue weighted by Crippen LogP contribution is 2.34. The van der Waals surface area contributed by atoms with E-state index in [-0.39, 0.29) is 17.1 Å². The van der Waals surface area contributed by atoms with Gasteiger partial charge in [-0.2, -0.15) is 0 Å². The van der Waals surface area contributed by atoms with Crippen LogP contribution in [0.15, 0.2) is 12.1 Å². The minimum atomic E-state index is -0.692. The molecule has 0 heterocycles. The molecular weight excluding hydrogens is 411 g/mol. The lowest BCUT2D eigenvalue weighted by Crippen LogP contribution is -2.27. The first kappa shape index (κ1) is 19.6. The zero-order valence-corrected chi connectivity index (χ0v) is 16.3. The summed E-state index contributed by atoms with van der Waals surface area (Å²) in [5, 5.41) is 0. The SMILES string of the molecule is CC(C)(C)C(=O)Oc1cc(C=O)cc(OC(=O)C(C)(C)C)c1I. The topological polar surface area (TPSA) is 69.7 Å². The van der Waals surface area contributed by atoms with Crippen molar-refractivity contribution in [1.82, 2.24) is 0 Å². The van der Waals surface area contributed by atoms with Gasteiger partial charge in [0.15, 0.2) is 0 Å². The van der Waals surface area contributed by atoms with Crippen molar-refractivity contribution in [1.29, 1.82) is 0 Å². The van der Waals surface area contributed by atoms with Crippen molar-refractivity contribution in [2.75, 3.05) is 0 Å². The number of esters is 2. The van der Waals surface area contributed by atoms with Gasteiger partial charge in [-0.15, -0.1) is 0 Å². The van der Waals surface area contributed by atoms with Crippen molar-refractivity contribution in [2.45, 2.75) is 41.5 Å². The Hall–Kier alpha value is -1.44. The smallest absolute Gasteiger partial charge is 0.316 e. The molecule has 0 spiro atoms. The molecule has 0 saturated heterocycles. The first-order valence-corrected chi connectivity index (χ1v) is 8.17. The Morgan fingerprint density at radius 1 is 0.913 bits per heavy atom. The third kappa shape index (κ3) is 5.30. The Balaban J connectivity index is 3.24. The van der Waals surface area contributed by atoms with E-state index in [1.807, 2.05) is 22.6 Å². The van der Waals surface area contributed by atoms with Crippen LogP contribution >= 0.6 is 22.6 Å². The van der Waals surface area contributed by atoms with E-state index < -0.39 is 22.8 Å². The summed E-state index contributed by atoms with van der Waals surface area (Å²) >= 11 is 1.93. The zero-order chi connectivity index (χ0) is 18.0. The molecule has 0 aromatic heterocycles. The molecule has 1 rings (SSSR count). The lowest BCUT2D eigenvalue weighted by molar-refractivity contribution is -0.143. The van der Waals surface area contributed by atoms with Crippen LogP contribution in [0.25, 0.3) is 0 Å². The molecule has 0 fully saturated rings.